The smallest absolute Gasteiger partial charge is 0.0578 e. The van der Waals surface area contributed by atoms with Gasteiger partial charge in [0.25, 0.3) is 0 Å². The van der Waals surface area contributed by atoms with E-state index in [0.717, 1.165) is 4.47 Å². The third kappa shape index (κ3) is 4.15. The summed E-state index contributed by atoms with van der Waals surface area (Å²) in [5.41, 5.74) is 1.24. The van der Waals surface area contributed by atoms with E-state index in [9.17, 15) is 0 Å². The van der Waals surface area contributed by atoms with Crippen molar-refractivity contribution < 1.29 is 0 Å². The van der Waals surface area contributed by atoms with E-state index in [1.54, 1.807) is 0 Å². The lowest BCUT2D eigenvalue weighted by molar-refractivity contribution is 0.623. The third-order valence-corrected chi connectivity index (χ3v) is 2.35. The van der Waals surface area contributed by atoms with Crippen molar-refractivity contribution in [2.75, 3.05) is 6.54 Å². The normalized spacial score (nSPS) is 11.2. The molecule has 0 saturated carbocycles. The Morgan fingerprint density at radius 2 is 2.29 bits per heavy atom. The molecule has 0 heterocycles. The summed E-state index contributed by atoms with van der Waals surface area (Å²) in [6.07, 6.45) is 5.16. The molecule has 1 rings (SSSR count). The van der Waals surface area contributed by atoms with E-state index in [4.69, 9.17) is 6.42 Å². The Kier molecular flexibility index (Phi) is 6.65. The molecule has 0 aliphatic heterocycles. The van der Waals surface area contributed by atoms with Crippen molar-refractivity contribution in [3.8, 4) is 12.3 Å². The highest BCUT2D eigenvalue weighted by Gasteiger charge is 2.02. The van der Waals surface area contributed by atoms with Crippen molar-refractivity contribution in [1.29, 1.82) is 0 Å². The summed E-state index contributed by atoms with van der Waals surface area (Å²) >= 11 is 3.43. The molecule has 1 nitrogen and oxygen atoms in total. The molecule has 1 N–H and O–H groups in total. The van der Waals surface area contributed by atoms with Gasteiger partial charge in [-0.2, -0.15) is 0 Å². The number of nitrogens with one attached hydrogen (secondary N) is 1. The van der Waals surface area contributed by atoms with Crippen molar-refractivity contribution in [1.82, 2.24) is 5.32 Å². The standard InChI is InChI=1S/C11H12BrN.ClH/c1-3-7-13-9(2)10-5-4-6-11(12)8-10;/h1,4-6,8-9,13H,7H2,2H3;1H. The number of rotatable bonds is 3. The van der Waals surface area contributed by atoms with Crippen LogP contribution in [0.15, 0.2) is 28.7 Å². The Morgan fingerprint density at radius 3 is 2.86 bits per heavy atom. The molecule has 1 aromatic carbocycles. The van der Waals surface area contributed by atoms with Crippen molar-refractivity contribution in [2.24, 2.45) is 0 Å². The van der Waals surface area contributed by atoms with Gasteiger partial charge in [0.15, 0.2) is 0 Å². The first-order valence-corrected chi connectivity index (χ1v) is 4.95. The molecule has 0 bridgehead atoms. The molecule has 0 radical (unpaired) electrons. The maximum atomic E-state index is 5.16. The first-order chi connectivity index (χ1) is 6.24. The van der Waals surface area contributed by atoms with Crippen LogP contribution < -0.4 is 5.32 Å². The maximum Gasteiger partial charge on any atom is 0.0578 e. The first-order valence-electron chi connectivity index (χ1n) is 4.16. The second-order valence-corrected chi connectivity index (χ2v) is 3.78. The van der Waals surface area contributed by atoms with Crippen LogP contribution >= 0.6 is 28.3 Å². The van der Waals surface area contributed by atoms with Gasteiger partial charge in [0, 0.05) is 10.5 Å². The highest BCUT2D eigenvalue weighted by molar-refractivity contribution is 9.10. The Bertz CT molecular complexity index is 319. The number of terminal acetylenes is 1. The van der Waals surface area contributed by atoms with Crippen LogP contribution in [-0.2, 0) is 0 Å². The molecule has 0 fully saturated rings. The SMILES string of the molecule is C#CCNC(C)c1cccc(Br)c1.Cl. The van der Waals surface area contributed by atoms with Gasteiger partial charge in [-0.05, 0) is 24.6 Å². The van der Waals surface area contributed by atoms with Gasteiger partial charge >= 0.3 is 0 Å². The molecule has 0 saturated heterocycles. The quantitative estimate of drug-likeness (QED) is 0.835. The van der Waals surface area contributed by atoms with Gasteiger partial charge in [0.2, 0.25) is 0 Å². The first kappa shape index (κ1) is 13.5. The van der Waals surface area contributed by atoms with Gasteiger partial charge in [-0.3, -0.25) is 5.32 Å². The summed E-state index contributed by atoms with van der Waals surface area (Å²) in [4.78, 5) is 0. The molecule has 1 unspecified atom stereocenters. The molecule has 0 aliphatic carbocycles. The molecular weight excluding hydrogens is 261 g/mol. The van der Waals surface area contributed by atoms with E-state index in [-0.39, 0.29) is 12.4 Å². The minimum atomic E-state index is 0. The van der Waals surface area contributed by atoms with Gasteiger partial charge in [0.05, 0.1) is 6.54 Å². The van der Waals surface area contributed by atoms with Crippen molar-refractivity contribution in [3.05, 3.63) is 34.3 Å². The molecular formula is C11H13BrClN. The maximum absolute atomic E-state index is 5.16. The Labute approximate surface area is 99.8 Å². The zero-order valence-corrected chi connectivity index (χ0v) is 10.4. The Balaban J connectivity index is 0.00000169. The fraction of sp³-hybridized carbons (Fsp3) is 0.273. The zero-order chi connectivity index (χ0) is 9.68. The monoisotopic (exact) mass is 273 g/mol. The lowest BCUT2D eigenvalue weighted by atomic mass is 10.1. The summed E-state index contributed by atoms with van der Waals surface area (Å²) in [5.74, 6) is 2.56. The summed E-state index contributed by atoms with van der Waals surface area (Å²) < 4.78 is 1.10. The molecule has 0 aliphatic rings. The summed E-state index contributed by atoms with van der Waals surface area (Å²) in [7, 11) is 0. The number of halogens is 2. The van der Waals surface area contributed by atoms with E-state index in [1.165, 1.54) is 5.56 Å². The summed E-state index contributed by atoms with van der Waals surface area (Å²) in [6.45, 7) is 2.70. The van der Waals surface area contributed by atoms with E-state index in [0.29, 0.717) is 12.6 Å². The van der Waals surface area contributed by atoms with Crippen LogP contribution in [0.3, 0.4) is 0 Å². The van der Waals surface area contributed by atoms with E-state index >= 15 is 0 Å². The van der Waals surface area contributed by atoms with Gasteiger partial charge in [-0.1, -0.05) is 34.0 Å². The molecule has 14 heavy (non-hydrogen) atoms. The Hall–Kier alpha value is -0.490. The molecule has 76 valence electrons. The third-order valence-electron chi connectivity index (χ3n) is 1.86. The largest absolute Gasteiger partial charge is 0.300 e. The molecule has 1 atom stereocenters. The fourth-order valence-electron chi connectivity index (χ4n) is 1.11. The highest BCUT2D eigenvalue weighted by atomic mass is 79.9. The zero-order valence-electron chi connectivity index (χ0n) is 7.96. The Morgan fingerprint density at radius 1 is 1.57 bits per heavy atom. The number of hydrogen-bond acceptors (Lipinski definition) is 1. The molecule has 1 aromatic rings. The molecule has 3 heteroatoms. The second-order valence-electron chi connectivity index (χ2n) is 2.86. The lowest BCUT2D eigenvalue weighted by Gasteiger charge is -2.12. The van der Waals surface area contributed by atoms with Crippen molar-refractivity contribution in [2.45, 2.75) is 13.0 Å². The van der Waals surface area contributed by atoms with E-state index in [2.05, 4.69) is 46.2 Å². The van der Waals surface area contributed by atoms with Crippen LogP contribution in [0.25, 0.3) is 0 Å². The van der Waals surface area contributed by atoms with Crippen LogP contribution in [0.4, 0.5) is 0 Å². The van der Waals surface area contributed by atoms with Crippen molar-refractivity contribution >= 4 is 28.3 Å². The average molecular weight is 275 g/mol. The predicted octanol–water partition coefficient (Wildman–Crippen LogP) is 3.15. The predicted molar refractivity (Wildman–Crippen MR) is 66.6 cm³/mol. The van der Waals surface area contributed by atoms with E-state index < -0.39 is 0 Å². The summed E-state index contributed by atoms with van der Waals surface area (Å²) in [5, 5.41) is 3.22. The number of hydrogen-bond donors (Lipinski definition) is 1. The minimum absolute atomic E-state index is 0. The van der Waals surface area contributed by atoms with Gasteiger partial charge < -0.3 is 0 Å². The van der Waals surface area contributed by atoms with Crippen LogP contribution in [0.1, 0.15) is 18.5 Å². The van der Waals surface area contributed by atoms with E-state index in [1.807, 2.05) is 12.1 Å². The van der Waals surface area contributed by atoms with Gasteiger partial charge in [-0.15, -0.1) is 18.8 Å². The van der Waals surface area contributed by atoms with Crippen LogP contribution in [0.5, 0.6) is 0 Å². The highest BCUT2D eigenvalue weighted by Crippen LogP contribution is 2.17. The molecule has 0 amide bonds. The van der Waals surface area contributed by atoms with Crippen LogP contribution in [-0.4, -0.2) is 6.54 Å². The van der Waals surface area contributed by atoms with Gasteiger partial charge in [-0.25, -0.2) is 0 Å². The average Bonchev–Trinajstić information content (AvgIpc) is 2.14. The lowest BCUT2D eigenvalue weighted by Crippen LogP contribution is -2.18. The van der Waals surface area contributed by atoms with Crippen LogP contribution in [0.2, 0.25) is 0 Å². The van der Waals surface area contributed by atoms with Gasteiger partial charge in [0.1, 0.15) is 0 Å². The summed E-state index contributed by atoms with van der Waals surface area (Å²) in [6, 6.07) is 8.51. The molecule has 0 spiro atoms. The minimum Gasteiger partial charge on any atom is -0.300 e. The number of benzene rings is 1. The van der Waals surface area contributed by atoms with Crippen molar-refractivity contribution in [3.63, 3.8) is 0 Å². The van der Waals surface area contributed by atoms with Crippen LogP contribution in [0, 0.1) is 12.3 Å². The molecule has 0 aromatic heterocycles. The topological polar surface area (TPSA) is 12.0 Å². The second kappa shape index (κ2) is 6.89. The fourth-order valence-corrected chi connectivity index (χ4v) is 1.52.